The topological polar surface area (TPSA) is 58.6 Å². The number of aliphatic hydroxyl groups is 1. The van der Waals surface area contributed by atoms with Crippen LogP contribution in [0.3, 0.4) is 0 Å². The Balaban J connectivity index is 2.19. The molecule has 0 spiro atoms. The molecule has 100 valence electrons. The van der Waals surface area contributed by atoms with E-state index in [1.165, 1.54) is 18.2 Å². The summed E-state index contributed by atoms with van der Waals surface area (Å²) in [6.07, 6.45) is 0.158. The molecule has 1 aromatic carbocycles. The van der Waals surface area contributed by atoms with Crippen molar-refractivity contribution in [1.82, 2.24) is 5.32 Å². The number of hydrogen-bond donors (Lipinski definition) is 2. The van der Waals surface area contributed by atoms with Gasteiger partial charge in [0.25, 0.3) is 0 Å². The molecule has 0 saturated carbocycles. The smallest absolute Gasteiger partial charge is 0.305 e. The maximum Gasteiger partial charge on any atom is 0.305 e. The van der Waals surface area contributed by atoms with E-state index in [1.54, 1.807) is 0 Å². The fourth-order valence-corrected chi connectivity index (χ4v) is 1.69. The largest absolute Gasteiger partial charge is 0.469 e. The van der Waals surface area contributed by atoms with E-state index >= 15 is 0 Å². The highest BCUT2D eigenvalue weighted by molar-refractivity contribution is 5.69. The van der Waals surface area contributed by atoms with Crippen molar-refractivity contribution in [2.45, 2.75) is 32.4 Å². The SMILES string of the molecule is COC(=O)CCC(O)CNCc1cccc(C)c1. The van der Waals surface area contributed by atoms with Crippen molar-refractivity contribution >= 4 is 5.97 Å². The molecule has 18 heavy (non-hydrogen) atoms. The minimum Gasteiger partial charge on any atom is -0.469 e. The second kappa shape index (κ2) is 7.84. The highest BCUT2D eigenvalue weighted by Gasteiger charge is 2.07. The van der Waals surface area contributed by atoms with Crippen molar-refractivity contribution in [1.29, 1.82) is 0 Å². The summed E-state index contributed by atoms with van der Waals surface area (Å²) in [5.74, 6) is -0.285. The first kappa shape index (κ1) is 14.7. The molecule has 1 unspecified atom stereocenters. The molecule has 0 bridgehead atoms. The molecule has 1 atom stereocenters. The van der Waals surface area contributed by atoms with Gasteiger partial charge in [-0.15, -0.1) is 0 Å². The normalized spacial score (nSPS) is 12.2. The lowest BCUT2D eigenvalue weighted by atomic mass is 10.1. The Morgan fingerprint density at radius 2 is 2.28 bits per heavy atom. The molecule has 0 aliphatic heterocycles. The van der Waals surface area contributed by atoms with Crippen LogP contribution < -0.4 is 5.32 Å². The number of carbonyl (C=O) groups is 1. The van der Waals surface area contributed by atoms with E-state index in [0.29, 0.717) is 13.0 Å². The van der Waals surface area contributed by atoms with E-state index in [1.807, 2.05) is 12.1 Å². The summed E-state index contributed by atoms with van der Waals surface area (Å²) in [6, 6.07) is 8.21. The zero-order valence-electron chi connectivity index (χ0n) is 11.0. The molecule has 0 aliphatic carbocycles. The Morgan fingerprint density at radius 1 is 1.50 bits per heavy atom. The van der Waals surface area contributed by atoms with Gasteiger partial charge in [-0.3, -0.25) is 4.79 Å². The molecule has 0 aliphatic rings. The van der Waals surface area contributed by atoms with Crippen LogP contribution in [-0.4, -0.2) is 30.8 Å². The number of ether oxygens (including phenoxy) is 1. The average Bonchev–Trinajstić information content (AvgIpc) is 2.36. The van der Waals surface area contributed by atoms with Crippen molar-refractivity contribution in [3.8, 4) is 0 Å². The highest BCUT2D eigenvalue weighted by atomic mass is 16.5. The van der Waals surface area contributed by atoms with Crippen molar-refractivity contribution in [2.75, 3.05) is 13.7 Å². The number of methoxy groups -OCH3 is 1. The first-order valence-electron chi connectivity index (χ1n) is 6.13. The van der Waals surface area contributed by atoms with Gasteiger partial charge in [0.05, 0.1) is 13.2 Å². The quantitative estimate of drug-likeness (QED) is 0.719. The Bertz CT molecular complexity index is 379. The van der Waals surface area contributed by atoms with E-state index in [-0.39, 0.29) is 12.4 Å². The van der Waals surface area contributed by atoms with Gasteiger partial charge in [0.2, 0.25) is 0 Å². The van der Waals surface area contributed by atoms with Crippen LogP contribution in [0.4, 0.5) is 0 Å². The van der Waals surface area contributed by atoms with Crippen LogP contribution in [0.25, 0.3) is 0 Å². The van der Waals surface area contributed by atoms with Gasteiger partial charge in [-0.2, -0.15) is 0 Å². The highest BCUT2D eigenvalue weighted by Crippen LogP contribution is 2.03. The van der Waals surface area contributed by atoms with Crippen LogP contribution in [0.1, 0.15) is 24.0 Å². The molecule has 4 heteroatoms. The number of aliphatic hydroxyl groups excluding tert-OH is 1. The maximum atomic E-state index is 10.9. The first-order valence-corrected chi connectivity index (χ1v) is 6.13. The molecule has 0 amide bonds. The van der Waals surface area contributed by atoms with Gasteiger partial charge in [-0.1, -0.05) is 29.8 Å². The number of nitrogens with one attached hydrogen (secondary N) is 1. The van der Waals surface area contributed by atoms with E-state index in [0.717, 1.165) is 6.54 Å². The van der Waals surface area contributed by atoms with Crippen LogP contribution in [0.2, 0.25) is 0 Å². The lowest BCUT2D eigenvalue weighted by Gasteiger charge is -2.11. The number of hydrogen-bond acceptors (Lipinski definition) is 4. The van der Waals surface area contributed by atoms with E-state index in [9.17, 15) is 9.90 Å². The van der Waals surface area contributed by atoms with Crippen LogP contribution in [0, 0.1) is 6.92 Å². The standard InChI is InChI=1S/C14H21NO3/c1-11-4-3-5-12(8-11)9-15-10-13(16)6-7-14(17)18-2/h3-5,8,13,15-16H,6-7,9-10H2,1-2H3. The summed E-state index contributed by atoms with van der Waals surface area (Å²) >= 11 is 0. The van der Waals surface area contributed by atoms with Crippen LogP contribution in [0.15, 0.2) is 24.3 Å². The molecule has 0 radical (unpaired) electrons. The van der Waals surface area contributed by atoms with Crippen LogP contribution >= 0.6 is 0 Å². The number of benzene rings is 1. The first-order chi connectivity index (χ1) is 8.61. The summed E-state index contributed by atoms with van der Waals surface area (Å²) < 4.78 is 4.52. The van der Waals surface area contributed by atoms with Gasteiger partial charge in [-0.25, -0.2) is 0 Å². The molecule has 0 fully saturated rings. The van der Waals surface area contributed by atoms with E-state index < -0.39 is 6.10 Å². The summed E-state index contributed by atoms with van der Waals surface area (Å²) in [4.78, 5) is 10.9. The summed E-state index contributed by atoms with van der Waals surface area (Å²) in [5.41, 5.74) is 2.41. The van der Waals surface area contributed by atoms with Crippen molar-refractivity contribution in [3.63, 3.8) is 0 Å². The third kappa shape index (κ3) is 5.80. The van der Waals surface area contributed by atoms with E-state index in [2.05, 4.69) is 29.1 Å². The molecule has 0 heterocycles. The molecular weight excluding hydrogens is 230 g/mol. The van der Waals surface area contributed by atoms with Crippen molar-refractivity contribution in [2.24, 2.45) is 0 Å². The fourth-order valence-electron chi connectivity index (χ4n) is 1.69. The molecule has 0 saturated heterocycles. The lowest BCUT2D eigenvalue weighted by molar-refractivity contribution is -0.141. The average molecular weight is 251 g/mol. The van der Waals surface area contributed by atoms with Gasteiger partial charge in [0.15, 0.2) is 0 Å². The Kier molecular flexibility index (Phi) is 6.39. The lowest BCUT2D eigenvalue weighted by Crippen LogP contribution is -2.27. The molecule has 1 rings (SSSR count). The third-order valence-electron chi connectivity index (χ3n) is 2.70. The number of aryl methyl sites for hydroxylation is 1. The number of carbonyl (C=O) groups excluding carboxylic acids is 1. The minimum atomic E-state index is -0.520. The molecular formula is C14H21NO3. The summed E-state index contributed by atoms with van der Waals surface area (Å²) in [7, 11) is 1.35. The van der Waals surface area contributed by atoms with Gasteiger partial charge < -0.3 is 15.2 Å². The Labute approximate surface area is 108 Å². The summed E-state index contributed by atoms with van der Waals surface area (Å²) in [6.45, 7) is 3.25. The molecule has 2 N–H and O–H groups in total. The zero-order chi connectivity index (χ0) is 13.4. The van der Waals surface area contributed by atoms with Crippen molar-refractivity contribution in [3.05, 3.63) is 35.4 Å². The Morgan fingerprint density at radius 3 is 2.94 bits per heavy atom. The number of esters is 1. The molecule has 1 aromatic rings. The zero-order valence-corrected chi connectivity index (χ0v) is 11.0. The van der Waals surface area contributed by atoms with Crippen LogP contribution in [-0.2, 0) is 16.1 Å². The third-order valence-corrected chi connectivity index (χ3v) is 2.70. The summed E-state index contributed by atoms with van der Waals surface area (Å²) in [5, 5.41) is 12.8. The van der Waals surface area contributed by atoms with Gasteiger partial charge >= 0.3 is 5.97 Å². The molecule has 0 aromatic heterocycles. The van der Waals surface area contributed by atoms with Gasteiger partial charge in [0, 0.05) is 19.5 Å². The fraction of sp³-hybridized carbons (Fsp3) is 0.500. The van der Waals surface area contributed by atoms with Gasteiger partial charge in [-0.05, 0) is 18.9 Å². The van der Waals surface area contributed by atoms with Crippen LogP contribution in [0.5, 0.6) is 0 Å². The second-order valence-electron chi connectivity index (χ2n) is 4.39. The number of rotatable bonds is 7. The predicted octanol–water partition coefficient (Wildman–Crippen LogP) is 1.40. The minimum absolute atomic E-state index is 0.254. The Hall–Kier alpha value is -1.39. The van der Waals surface area contributed by atoms with E-state index in [4.69, 9.17) is 0 Å². The maximum absolute atomic E-state index is 10.9. The van der Waals surface area contributed by atoms with Crippen molar-refractivity contribution < 1.29 is 14.6 Å². The monoisotopic (exact) mass is 251 g/mol. The predicted molar refractivity (Wildman–Crippen MR) is 70.1 cm³/mol. The molecule has 4 nitrogen and oxygen atoms in total. The van der Waals surface area contributed by atoms with Gasteiger partial charge in [0.1, 0.15) is 0 Å². The second-order valence-corrected chi connectivity index (χ2v) is 4.39.